The van der Waals surface area contributed by atoms with Crippen molar-refractivity contribution in [3.63, 3.8) is 0 Å². The summed E-state index contributed by atoms with van der Waals surface area (Å²) in [4.78, 5) is 6.26. The smallest absolute Gasteiger partial charge is 0.263 e. The predicted octanol–water partition coefficient (Wildman–Crippen LogP) is 3.86. The van der Waals surface area contributed by atoms with E-state index in [1.54, 1.807) is 30.5 Å². The second-order valence-electron chi connectivity index (χ2n) is 5.49. The van der Waals surface area contributed by atoms with Gasteiger partial charge in [0, 0.05) is 41.2 Å². The van der Waals surface area contributed by atoms with Gasteiger partial charge >= 0.3 is 0 Å². The molecule has 2 aromatic carbocycles. The Bertz CT molecular complexity index is 986. The molecule has 1 heterocycles. The van der Waals surface area contributed by atoms with Crippen LogP contribution in [0.2, 0.25) is 0 Å². The van der Waals surface area contributed by atoms with Crippen LogP contribution < -0.4 is 9.62 Å². The number of aromatic nitrogens is 1. The molecular formula is C17H16BrN3O2S. The number of nitrogens with one attached hydrogen (secondary N) is 1. The van der Waals surface area contributed by atoms with Crippen LogP contribution in [0.15, 0.2) is 64.1 Å². The second kappa shape index (κ2) is 6.41. The first-order valence-corrected chi connectivity index (χ1v) is 9.49. The standard InChI is InChI=1S/C17H16BrN3O2S/c1-21(2)15-7-3-6-14-13(15)5-4-8-16(14)24(22,23)20-17-10-9-12(18)11-19-17/h3-11H,1-2H3,(H,19,20). The third-order valence-corrected chi connectivity index (χ3v) is 5.48. The van der Waals surface area contributed by atoms with E-state index >= 15 is 0 Å². The average molecular weight is 406 g/mol. The van der Waals surface area contributed by atoms with Gasteiger partial charge in [0.25, 0.3) is 10.0 Å². The summed E-state index contributed by atoms with van der Waals surface area (Å²) in [6.45, 7) is 0. The van der Waals surface area contributed by atoms with Crippen LogP contribution in [0.1, 0.15) is 0 Å². The molecule has 3 aromatic rings. The lowest BCUT2D eigenvalue weighted by Gasteiger charge is -2.17. The topological polar surface area (TPSA) is 62.3 Å². The molecule has 0 spiro atoms. The predicted molar refractivity (Wildman–Crippen MR) is 101 cm³/mol. The van der Waals surface area contributed by atoms with Crippen molar-refractivity contribution in [1.82, 2.24) is 4.98 Å². The van der Waals surface area contributed by atoms with Gasteiger partial charge in [0.15, 0.2) is 0 Å². The van der Waals surface area contributed by atoms with Gasteiger partial charge in [-0.05, 0) is 40.2 Å². The molecule has 0 fully saturated rings. The average Bonchev–Trinajstić information content (AvgIpc) is 2.55. The molecule has 0 aliphatic carbocycles. The lowest BCUT2D eigenvalue weighted by atomic mass is 10.1. The summed E-state index contributed by atoms with van der Waals surface area (Å²) < 4.78 is 28.9. The van der Waals surface area contributed by atoms with Crippen molar-refractivity contribution < 1.29 is 8.42 Å². The first-order chi connectivity index (χ1) is 11.4. The number of benzene rings is 2. The number of hydrogen-bond acceptors (Lipinski definition) is 4. The number of sulfonamides is 1. The zero-order valence-electron chi connectivity index (χ0n) is 13.2. The van der Waals surface area contributed by atoms with Gasteiger partial charge < -0.3 is 4.90 Å². The van der Waals surface area contributed by atoms with Crippen LogP contribution in [0, 0.1) is 0 Å². The fourth-order valence-electron chi connectivity index (χ4n) is 2.52. The molecule has 1 aromatic heterocycles. The van der Waals surface area contributed by atoms with Gasteiger partial charge in [-0.25, -0.2) is 13.4 Å². The fourth-order valence-corrected chi connectivity index (χ4v) is 3.98. The molecule has 0 aliphatic rings. The van der Waals surface area contributed by atoms with E-state index < -0.39 is 10.0 Å². The largest absolute Gasteiger partial charge is 0.377 e. The highest BCUT2D eigenvalue weighted by Crippen LogP contribution is 2.30. The first-order valence-electron chi connectivity index (χ1n) is 7.22. The van der Waals surface area contributed by atoms with Crippen molar-refractivity contribution in [2.75, 3.05) is 23.7 Å². The Kier molecular flexibility index (Phi) is 4.47. The Hall–Kier alpha value is -2.12. The van der Waals surface area contributed by atoms with Crippen LogP contribution >= 0.6 is 15.9 Å². The molecule has 0 saturated heterocycles. The summed E-state index contributed by atoms with van der Waals surface area (Å²) in [5, 5.41) is 1.56. The van der Waals surface area contributed by atoms with E-state index in [-0.39, 0.29) is 10.7 Å². The molecule has 3 rings (SSSR count). The molecule has 7 heteroatoms. The number of pyridine rings is 1. The summed E-state index contributed by atoms with van der Waals surface area (Å²) in [5.41, 5.74) is 0.964. The molecule has 0 radical (unpaired) electrons. The lowest BCUT2D eigenvalue weighted by molar-refractivity contribution is 0.602. The van der Waals surface area contributed by atoms with Crippen molar-refractivity contribution in [2.24, 2.45) is 0 Å². The monoisotopic (exact) mass is 405 g/mol. The van der Waals surface area contributed by atoms with E-state index in [1.807, 2.05) is 43.3 Å². The molecule has 0 atom stereocenters. The highest BCUT2D eigenvalue weighted by Gasteiger charge is 2.19. The van der Waals surface area contributed by atoms with Crippen LogP contribution in [0.5, 0.6) is 0 Å². The highest BCUT2D eigenvalue weighted by molar-refractivity contribution is 9.10. The first kappa shape index (κ1) is 16.7. The van der Waals surface area contributed by atoms with Crippen LogP contribution in [0.25, 0.3) is 10.8 Å². The van der Waals surface area contributed by atoms with Crippen molar-refractivity contribution in [1.29, 1.82) is 0 Å². The maximum atomic E-state index is 12.8. The zero-order valence-corrected chi connectivity index (χ0v) is 15.6. The van der Waals surface area contributed by atoms with Crippen molar-refractivity contribution >= 4 is 48.2 Å². The van der Waals surface area contributed by atoms with Crippen molar-refractivity contribution in [2.45, 2.75) is 4.90 Å². The van der Waals surface area contributed by atoms with Gasteiger partial charge in [0.1, 0.15) is 5.82 Å². The maximum Gasteiger partial charge on any atom is 0.263 e. The molecule has 0 amide bonds. The minimum absolute atomic E-state index is 0.230. The third kappa shape index (κ3) is 3.22. The second-order valence-corrected chi connectivity index (χ2v) is 8.06. The molecule has 0 aliphatic heterocycles. The number of halogens is 1. The Morgan fingerprint density at radius 2 is 1.71 bits per heavy atom. The number of rotatable bonds is 4. The Balaban J connectivity index is 2.11. The summed E-state index contributed by atoms with van der Waals surface area (Å²) in [6, 6.07) is 14.2. The van der Waals surface area contributed by atoms with Crippen LogP contribution in [-0.4, -0.2) is 27.5 Å². The summed E-state index contributed by atoms with van der Waals surface area (Å²) in [7, 11) is 0.119. The van der Waals surface area contributed by atoms with E-state index in [0.717, 1.165) is 15.5 Å². The van der Waals surface area contributed by atoms with Gasteiger partial charge in [-0.15, -0.1) is 0 Å². The Labute approximate surface area is 149 Å². The van der Waals surface area contributed by atoms with Crippen molar-refractivity contribution in [3.05, 3.63) is 59.2 Å². The van der Waals surface area contributed by atoms with E-state index in [4.69, 9.17) is 0 Å². The van der Waals surface area contributed by atoms with E-state index in [0.29, 0.717) is 5.39 Å². The fraction of sp³-hybridized carbons (Fsp3) is 0.118. The minimum Gasteiger partial charge on any atom is -0.377 e. The van der Waals surface area contributed by atoms with Crippen LogP contribution in [-0.2, 0) is 10.0 Å². The van der Waals surface area contributed by atoms with Crippen LogP contribution in [0.4, 0.5) is 11.5 Å². The van der Waals surface area contributed by atoms with Gasteiger partial charge in [-0.1, -0.05) is 24.3 Å². The molecule has 5 nitrogen and oxygen atoms in total. The summed E-state index contributed by atoms with van der Waals surface area (Å²) in [6.07, 6.45) is 1.55. The van der Waals surface area contributed by atoms with E-state index in [1.165, 1.54) is 0 Å². The zero-order chi connectivity index (χ0) is 17.3. The molecule has 24 heavy (non-hydrogen) atoms. The quantitative estimate of drug-likeness (QED) is 0.715. The minimum atomic E-state index is -3.74. The summed E-state index contributed by atoms with van der Waals surface area (Å²) in [5.74, 6) is 0.277. The maximum absolute atomic E-state index is 12.8. The molecule has 124 valence electrons. The number of nitrogens with zero attached hydrogens (tertiary/aromatic N) is 2. The molecular weight excluding hydrogens is 390 g/mol. The normalized spacial score (nSPS) is 11.5. The molecule has 1 N–H and O–H groups in total. The van der Waals surface area contributed by atoms with E-state index in [9.17, 15) is 8.42 Å². The third-order valence-electron chi connectivity index (χ3n) is 3.60. The number of hydrogen-bond donors (Lipinski definition) is 1. The van der Waals surface area contributed by atoms with Crippen LogP contribution in [0.3, 0.4) is 0 Å². The van der Waals surface area contributed by atoms with Gasteiger partial charge in [-0.2, -0.15) is 0 Å². The number of anilines is 2. The van der Waals surface area contributed by atoms with Crippen molar-refractivity contribution in [3.8, 4) is 0 Å². The molecule has 0 saturated carbocycles. The lowest BCUT2D eigenvalue weighted by Crippen LogP contribution is -2.15. The SMILES string of the molecule is CN(C)c1cccc2c(S(=O)(=O)Nc3ccc(Br)cn3)cccc12. The summed E-state index contributed by atoms with van der Waals surface area (Å²) >= 11 is 3.28. The van der Waals surface area contributed by atoms with Gasteiger partial charge in [0.05, 0.1) is 4.90 Å². The molecule has 0 bridgehead atoms. The van der Waals surface area contributed by atoms with Gasteiger partial charge in [-0.3, -0.25) is 4.72 Å². The van der Waals surface area contributed by atoms with E-state index in [2.05, 4.69) is 25.6 Å². The highest BCUT2D eigenvalue weighted by atomic mass is 79.9. The molecule has 0 unspecified atom stereocenters. The van der Waals surface area contributed by atoms with Gasteiger partial charge in [0.2, 0.25) is 0 Å². The Morgan fingerprint density at radius 1 is 1.00 bits per heavy atom. The Morgan fingerprint density at radius 3 is 2.38 bits per heavy atom. The number of fused-ring (bicyclic) bond motifs is 1.